The highest BCUT2D eigenvalue weighted by atomic mass is 32.1. The van der Waals surface area contributed by atoms with Crippen molar-refractivity contribution in [1.29, 1.82) is 0 Å². The summed E-state index contributed by atoms with van der Waals surface area (Å²) in [6, 6.07) is 1.84. The van der Waals surface area contributed by atoms with E-state index in [9.17, 15) is 0 Å². The molecule has 0 aliphatic carbocycles. The van der Waals surface area contributed by atoms with Crippen LogP contribution >= 0.6 is 12.2 Å². The zero-order valence-electron chi connectivity index (χ0n) is 11.0. The Bertz CT molecular complexity index is 439. The zero-order chi connectivity index (χ0) is 13.1. The van der Waals surface area contributed by atoms with E-state index in [4.69, 9.17) is 18.0 Å². The van der Waals surface area contributed by atoms with Crippen molar-refractivity contribution in [3.63, 3.8) is 0 Å². The number of nitrogens with zero attached hydrogens (tertiary/aromatic N) is 3. The summed E-state index contributed by atoms with van der Waals surface area (Å²) in [7, 11) is 0. The zero-order valence-corrected chi connectivity index (χ0v) is 11.8. The number of aryl methyl sites for hydroxylation is 1. The van der Waals surface area contributed by atoms with Crippen molar-refractivity contribution < 1.29 is 0 Å². The first-order valence-electron chi connectivity index (χ1n) is 6.50. The topological polar surface area (TPSA) is 55.0 Å². The van der Waals surface area contributed by atoms with Crippen LogP contribution in [0, 0.1) is 12.8 Å². The van der Waals surface area contributed by atoms with E-state index in [1.807, 2.05) is 13.0 Å². The van der Waals surface area contributed by atoms with Crippen LogP contribution in [0.3, 0.4) is 0 Å². The van der Waals surface area contributed by atoms with Crippen LogP contribution in [0.1, 0.15) is 37.6 Å². The molecule has 0 radical (unpaired) electrons. The summed E-state index contributed by atoms with van der Waals surface area (Å²) in [5.74, 6) is 1.62. The number of hydrogen-bond acceptors (Lipinski definition) is 4. The fourth-order valence-electron chi connectivity index (χ4n) is 2.36. The standard InChI is InChI=1S/C13H20N4S/c1-3-10-4-6-17(7-5-10)13-15-9(2)8-11(16-13)12(14)18/h8,10H,3-7H2,1-2H3,(H2,14,18). The minimum absolute atomic E-state index is 0.338. The molecule has 2 rings (SSSR count). The van der Waals surface area contributed by atoms with Crippen LogP contribution in [-0.4, -0.2) is 28.0 Å². The molecule has 0 aromatic carbocycles. The maximum Gasteiger partial charge on any atom is 0.226 e. The summed E-state index contributed by atoms with van der Waals surface area (Å²) in [6.07, 6.45) is 3.70. The summed E-state index contributed by atoms with van der Waals surface area (Å²) in [6.45, 7) is 6.26. The average molecular weight is 264 g/mol. The van der Waals surface area contributed by atoms with Crippen LogP contribution in [-0.2, 0) is 0 Å². The van der Waals surface area contributed by atoms with Crippen LogP contribution in [0.5, 0.6) is 0 Å². The van der Waals surface area contributed by atoms with Gasteiger partial charge >= 0.3 is 0 Å². The van der Waals surface area contributed by atoms with Crippen molar-refractivity contribution in [1.82, 2.24) is 9.97 Å². The van der Waals surface area contributed by atoms with Crippen molar-refractivity contribution in [2.45, 2.75) is 33.1 Å². The fourth-order valence-corrected chi connectivity index (χ4v) is 2.47. The Hall–Kier alpha value is -1.23. The molecule has 18 heavy (non-hydrogen) atoms. The molecule has 0 bridgehead atoms. The van der Waals surface area contributed by atoms with Gasteiger partial charge in [0.15, 0.2) is 0 Å². The normalized spacial score (nSPS) is 16.9. The Kier molecular flexibility index (Phi) is 4.11. The Morgan fingerprint density at radius 1 is 1.44 bits per heavy atom. The molecule has 5 heteroatoms. The molecule has 1 fully saturated rings. The SMILES string of the molecule is CCC1CCN(c2nc(C)cc(C(N)=S)n2)CC1. The maximum atomic E-state index is 5.65. The average Bonchev–Trinajstić information content (AvgIpc) is 2.38. The molecule has 2 heterocycles. The van der Waals surface area contributed by atoms with Gasteiger partial charge in [-0.1, -0.05) is 25.6 Å². The van der Waals surface area contributed by atoms with E-state index in [1.54, 1.807) is 0 Å². The third-order valence-corrected chi connectivity index (χ3v) is 3.78. The van der Waals surface area contributed by atoms with Crippen molar-refractivity contribution in [3.8, 4) is 0 Å². The van der Waals surface area contributed by atoms with E-state index in [2.05, 4.69) is 21.8 Å². The van der Waals surface area contributed by atoms with Crippen LogP contribution in [0.2, 0.25) is 0 Å². The summed E-state index contributed by atoms with van der Waals surface area (Å²) in [5.41, 5.74) is 7.24. The Morgan fingerprint density at radius 3 is 2.67 bits per heavy atom. The summed E-state index contributed by atoms with van der Waals surface area (Å²) in [5, 5.41) is 0. The summed E-state index contributed by atoms with van der Waals surface area (Å²) >= 11 is 4.99. The van der Waals surface area contributed by atoms with E-state index in [0.717, 1.165) is 30.6 Å². The second kappa shape index (κ2) is 5.61. The number of rotatable bonds is 3. The van der Waals surface area contributed by atoms with Gasteiger partial charge < -0.3 is 10.6 Å². The van der Waals surface area contributed by atoms with Gasteiger partial charge in [0, 0.05) is 18.8 Å². The molecule has 1 saturated heterocycles. The van der Waals surface area contributed by atoms with Crippen LogP contribution in [0.15, 0.2) is 6.07 Å². The van der Waals surface area contributed by atoms with Crippen molar-refractivity contribution in [2.24, 2.45) is 11.7 Å². The molecule has 4 nitrogen and oxygen atoms in total. The number of nitrogens with two attached hydrogens (primary N) is 1. The highest BCUT2D eigenvalue weighted by molar-refractivity contribution is 7.80. The second-order valence-corrected chi connectivity index (χ2v) is 5.34. The van der Waals surface area contributed by atoms with Crippen LogP contribution < -0.4 is 10.6 Å². The monoisotopic (exact) mass is 264 g/mol. The molecule has 0 unspecified atom stereocenters. The highest BCUT2D eigenvalue weighted by Gasteiger charge is 2.20. The van der Waals surface area contributed by atoms with Gasteiger partial charge in [0.25, 0.3) is 0 Å². The van der Waals surface area contributed by atoms with Gasteiger partial charge in [-0.25, -0.2) is 9.97 Å². The molecule has 1 aromatic heterocycles. The van der Waals surface area contributed by atoms with Gasteiger partial charge in [-0.15, -0.1) is 0 Å². The van der Waals surface area contributed by atoms with Gasteiger partial charge in [-0.3, -0.25) is 0 Å². The van der Waals surface area contributed by atoms with Gasteiger partial charge in [-0.2, -0.15) is 0 Å². The molecule has 98 valence electrons. The van der Waals surface area contributed by atoms with Crippen LogP contribution in [0.4, 0.5) is 5.95 Å². The van der Waals surface area contributed by atoms with Gasteiger partial charge in [0.1, 0.15) is 10.7 Å². The summed E-state index contributed by atoms with van der Waals surface area (Å²) < 4.78 is 0. The first kappa shape index (κ1) is 13.2. The van der Waals surface area contributed by atoms with Gasteiger partial charge in [0.2, 0.25) is 5.95 Å². The van der Waals surface area contributed by atoms with E-state index in [1.165, 1.54) is 19.3 Å². The summed E-state index contributed by atoms with van der Waals surface area (Å²) in [4.78, 5) is 11.5. The predicted octanol–water partition coefficient (Wildman–Crippen LogP) is 2.05. The molecule has 1 aromatic rings. The molecule has 1 aliphatic rings. The molecule has 0 atom stereocenters. The van der Waals surface area contributed by atoms with E-state index in [0.29, 0.717) is 10.7 Å². The molecular formula is C13H20N4S. The fraction of sp³-hybridized carbons (Fsp3) is 0.615. The van der Waals surface area contributed by atoms with Gasteiger partial charge in [0.05, 0.1) is 0 Å². The largest absolute Gasteiger partial charge is 0.388 e. The van der Waals surface area contributed by atoms with Crippen LogP contribution in [0.25, 0.3) is 0 Å². The number of hydrogen-bond donors (Lipinski definition) is 1. The maximum absolute atomic E-state index is 5.65. The lowest BCUT2D eigenvalue weighted by Crippen LogP contribution is -2.35. The lowest BCUT2D eigenvalue weighted by molar-refractivity contribution is 0.392. The third kappa shape index (κ3) is 2.96. The van der Waals surface area contributed by atoms with E-state index < -0.39 is 0 Å². The Balaban J connectivity index is 2.16. The lowest BCUT2D eigenvalue weighted by atomic mass is 9.95. The van der Waals surface area contributed by atoms with Crippen molar-refractivity contribution in [2.75, 3.05) is 18.0 Å². The number of thiocarbonyl (C=S) groups is 1. The predicted molar refractivity (Wildman–Crippen MR) is 77.9 cm³/mol. The van der Waals surface area contributed by atoms with E-state index in [-0.39, 0.29) is 0 Å². The first-order chi connectivity index (χ1) is 8.60. The number of anilines is 1. The van der Waals surface area contributed by atoms with E-state index >= 15 is 0 Å². The third-order valence-electron chi connectivity index (χ3n) is 3.57. The number of aromatic nitrogens is 2. The Morgan fingerprint density at radius 2 is 2.11 bits per heavy atom. The second-order valence-electron chi connectivity index (χ2n) is 4.90. The van der Waals surface area contributed by atoms with Gasteiger partial charge in [-0.05, 0) is 31.7 Å². The highest BCUT2D eigenvalue weighted by Crippen LogP contribution is 2.23. The number of piperidine rings is 1. The molecule has 1 aliphatic heterocycles. The first-order valence-corrected chi connectivity index (χ1v) is 6.91. The van der Waals surface area contributed by atoms with Crippen molar-refractivity contribution in [3.05, 3.63) is 17.5 Å². The molecule has 0 spiro atoms. The minimum Gasteiger partial charge on any atom is -0.388 e. The Labute approximate surface area is 114 Å². The quantitative estimate of drug-likeness (QED) is 0.847. The molecule has 0 saturated carbocycles. The smallest absolute Gasteiger partial charge is 0.226 e. The van der Waals surface area contributed by atoms with Crippen molar-refractivity contribution >= 4 is 23.2 Å². The molecular weight excluding hydrogens is 244 g/mol. The molecule has 0 amide bonds. The minimum atomic E-state index is 0.338. The lowest BCUT2D eigenvalue weighted by Gasteiger charge is -2.31. The molecule has 2 N–H and O–H groups in total.